The van der Waals surface area contributed by atoms with Crippen molar-refractivity contribution in [2.24, 2.45) is 5.92 Å². The van der Waals surface area contributed by atoms with Crippen molar-refractivity contribution in [3.63, 3.8) is 0 Å². The fourth-order valence-electron chi connectivity index (χ4n) is 2.60. The summed E-state index contributed by atoms with van der Waals surface area (Å²) in [5.41, 5.74) is 0. The van der Waals surface area contributed by atoms with Crippen LogP contribution in [0.3, 0.4) is 0 Å². The molecule has 0 aliphatic carbocycles. The Morgan fingerprint density at radius 1 is 1.50 bits per heavy atom. The number of hydrogen-bond donors (Lipinski definition) is 1. The molecule has 0 radical (unpaired) electrons. The Kier molecular flexibility index (Phi) is 2.14. The molecular formula is C9H14N4S. The van der Waals surface area contributed by atoms with E-state index in [0.717, 1.165) is 24.1 Å². The van der Waals surface area contributed by atoms with Crippen molar-refractivity contribution < 1.29 is 0 Å². The lowest BCUT2D eigenvalue weighted by molar-refractivity contribution is 0.385. The third-order valence-corrected chi connectivity index (χ3v) is 3.98. The minimum absolute atomic E-state index is 0.664. The van der Waals surface area contributed by atoms with Gasteiger partial charge in [0, 0.05) is 37.2 Å². The largest absolute Gasteiger partial charge is 0.342 e. The van der Waals surface area contributed by atoms with Crippen LogP contribution < -0.4 is 10.2 Å². The highest BCUT2D eigenvalue weighted by Gasteiger charge is 2.35. The van der Waals surface area contributed by atoms with Crippen LogP contribution in [0.25, 0.3) is 0 Å². The molecule has 1 aromatic heterocycles. The molecule has 3 rings (SSSR count). The molecular weight excluding hydrogens is 196 g/mol. The number of nitrogens with zero attached hydrogens (tertiary/aromatic N) is 3. The molecule has 2 aliphatic heterocycles. The quantitative estimate of drug-likeness (QED) is 0.742. The maximum Gasteiger partial charge on any atom is 0.205 e. The van der Waals surface area contributed by atoms with Crippen molar-refractivity contribution in [1.82, 2.24) is 14.7 Å². The number of aromatic nitrogens is 2. The van der Waals surface area contributed by atoms with E-state index >= 15 is 0 Å². The van der Waals surface area contributed by atoms with Crippen molar-refractivity contribution in [3.05, 3.63) is 6.33 Å². The van der Waals surface area contributed by atoms with Gasteiger partial charge in [-0.25, -0.2) is 4.98 Å². The molecule has 1 aromatic rings. The topological polar surface area (TPSA) is 41.1 Å². The highest BCUT2D eigenvalue weighted by atomic mass is 32.1. The van der Waals surface area contributed by atoms with E-state index in [1.165, 1.54) is 30.9 Å². The second-order valence-corrected chi connectivity index (χ2v) is 4.80. The van der Waals surface area contributed by atoms with Crippen molar-refractivity contribution in [2.75, 3.05) is 24.5 Å². The van der Waals surface area contributed by atoms with Crippen molar-refractivity contribution >= 4 is 16.7 Å². The highest BCUT2D eigenvalue weighted by Crippen LogP contribution is 2.30. The molecule has 0 saturated carbocycles. The number of anilines is 1. The van der Waals surface area contributed by atoms with Crippen LogP contribution in [0, 0.1) is 5.92 Å². The van der Waals surface area contributed by atoms with E-state index in [9.17, 15) is 0 Å². The first kappa shape index (κ1) is 8.61. The summed E-state index contributed by atoms with van der Waals surface area (Å²) < 4.78 is 4.08. The molecule has 2 fully saturated rings. The van der Waals surface area contributed by atoms with E-state index in [4.69, 9.17) is 0 Å². The fourth-order valence-corrected chi connectivity index (χ4v) is 3.21. The molecule has 1 N–H and O–H groups in total. The fraction of sp³-hybridized carbons (Fsp3) is 0.778. The number of hydrogen-bond acceptors (Lipinski definition) is 5. The molecule has 0 amide bonds. The summed E-state index contributed by atoms with van der Waals surface area (Å²) in [5, 5.41) is 4.57. The second-order valence-electron chi connectivity index (χ2n) is 4.05. The van der Waals surface area contributed by atoms with Crippen LogP contribution in [0.5, 0.6) is 0 Å². The van der Waals surface area contributed by atoms with E-state index < -0.39 is 0 Å². The van der Waals surface area contributed by atoms with Gasteiger partial charge in [-0.05, 0) is 18.8 Å². The zero-order valence-electron chi connectivity index (χ0n) is 8.02. The molecule has 3 heterocycles. The molecule has 2 unspecified atom stereocenters. The molecule has 0 spiro atoms. The standard InChI is InChI=1S/C9H14N4S/c1-2-7-4-10-5-8(7)13(3-1)9-11-6-12-14-9/h6-8,10H,1-5H2. The molecule has 2 saturated heterocycles. The van der Waals surface area contributed by atoms with Crippen LogP contribution >= 0.6 is 11.5 Å². The number of piperidine rings is 1. The van der Waals surface area contributed by atoms with E-state index in [2.05, 4.69) is 19.6 Å². The summed E-state index contributed by atoms with van der Waals surface area (Å²) in [6.45, 7) is 3.45. The van der Waals surface area contributed by atoms with Gasteiger partial charge in [0.1, 0.15) is 6.33 Å². The highest BCUT2D eigenvalue weighted by molar-refractivity contribution is 7.09. The Labute approximate surface area is 87.5 Å². The molecule has 76 valence electrons. The lowest BCUT2D eigenvalue weighted by Crippen LogP contribution is -2.45. The van der Waals surface area contributed by atoms with Gasteiger partial charge in [0.15, 0.2) is 0 Å². The van der Waals surface area contributed by atoms with Crippen molar-refractivity contribution in [2.45, 2.75) is 18.9 Å². The van der Waals surface area contributed by atoms with Gasteiger partial charge in [-0.1, -0.05) is 0 Å². The minimum Gasteiger partial charge on any atom is -0.342 e. The molecule has 14 heavy (non-hydrogen) atoms. The summed E-state index contributed by atoms with van der Waals surface area (Å²) in [6.07, 6.45) is 4.32. The van der Waals surface area contributed by atoms with Gasteiger partial charge < -0.3 is 10.2 Å². The lowest BCUT2D eigenvalue weighted by Gasteiger charge is -2.36. The van der Waals surface area contributed by atoms with E-state index in [1.807, 2.05) is 0 Å². The number of fused-ring (bicyclic) bond motifs is 1. The zero-order valence-corrected chi connectivity index (χ0v) is 8.83. The normalized spacial score (nSPS) is 31.9. The minimum atomic E-state index is 0.664. The average Bonchev–Trinajstić information content (AvgIpc) is 2.88. The Morgan fingerprint density at radius 3 is 3.36 bits per heavy atom. The Hall–Kier alpha value is -0.680. The van der Waals surface area contributed by atoms with E-state index in [0.29, 0.717) is 6.04 Å². The van der Waals surface area contributed by atoms with Crippen molar-refractivity contribution in [3.8, 4) is 0 Å². The zero-order chi connectivity index (χ0) is 9.38. The van der Waals surface area contributed by atoms with Crippen LogP contribution in [-0.2, 0) is 0 Å². The smallest absolute Gasteiger partial charge is 0.205 e. The molecule has 0 aromatic carbocycles. The summed E-state index contributed by atoms with van der Waals surface area (Å²) in [7, 11) is 0. The Bertz CT molecular complexity index is 300. The molecule has 2 aliphatic rings. The number of nitrogens with one attached hydrogen (secondary N) is 1. The predicted molar refractivity (Wildman–Crippen MR) is 56.6 cm³/mol. The van der Waals surface area contributed by atoms with Crippen LogP contribution in [0.1, 0.15) is 12.8 Å². The SMILES string of the molecule is c1nsc(N2CCCC3CNCC32)n1. The van der Waals surface area contributed by atoms with E-state index in [-0.39, 0.29) is 0 Å². The van der Waals surface area contributed by atoms with Gasteiger partial charge >= 0.3 is 0 Å². The Balaban J connectivity index is 1.84. The molecule has 4 nitrogen and oxygen atoms in total. The van der Waals surface area contributed by atoms with Gasteiger partial charge in [0.25, 0.3) is 0 Å². The lowest BCUT2D eigenvalue weighted by atomic mass is 9.92. The monoisotopic (exact) mass is 210 g/mol. The first-order chi connectivity index (χ1) is 6.95. The predicted octanol–water partition coefficient (Wildman–Crippen LogP) is 0.726. The van der Waals surface area contributed by atoms with Gasteiger partial charge in [0.05, 0.1) is 0 Å². The number of rotatable bonds is 1. The van der Waals surface area contributed by atoms with Crippen molar-refractivity contribution in [1.29, 1.82) is 0 Å². The molecule has 2 atom stereocenters. The van der Waals surface area contributed by atoms with Crippen LogP contribution in [0.4, 0.5) is 5.13 Å². The van der Waals surface area contributed by atoms with Crippen LogP contribution in [0.2, 0.25) is 0 Å². The van der Waals surface area contributed by atoms with Gasteiger partial charge in [-0.3, -0.25) is 0 Å². The summed E-state index contributed by atoms with van der Waals surface area (Å²) in [6, 6.07) is 0.664. The maximum atomic E-state index is 4.31. The molecule has 0 bridgehead atoms. The first-order valence-corrected chi connectivity index (χ1v) is 5.96. The van der Waals surface area contributed by atoms with E-state index in [1.54, 1.807) is 6.33 Å². The van der Waals surface area contributed by atoms with Gasteiger partial charge in [-0.15, -0.1) is 0 Å². The third kappa shape index (κ3) is 1.31. The summed E-state index contributed by atoms with van der Waals surface area (Å²) in [4.78, 5) is 6.74. The second kappa shape index (κ2) is 3.47. The Morgan fingerprint density at radius 2 is 2.50 bits per heavy atom. The van der Waals surface area contributed by atoms with Crippen LogP contribution in [-0.4, -0.2) is 35.0 Å². The van der Waals surface area contributed by atoms with Gasteiger partial charge in [0.2, 0.25) is 5.13 Å². The first-order valence-electron chi connectivity index (χ1n) is 5.19. The molecule has 5 heteroatoms. The summed E-state index contributed by atoms with van der Waals surface area (Å²) in [5.74, 6) is 0.827. The van der Waals surface area contributed by atoms with Gasteiger partial charge in [-0.2, -0.15) is 4.37 Å². The van der Waals surface area contributed by atoms with Crippen LogP contribution in [0.15, 0.2) is 6.33 Å². The maximum absolute atomic E-state index is 4.31. The third-order valence-electron chi connectivity index (χ3n) is 3.27. The summed E-state index contributed by atoms with van der Waals surface area (Å²) >= 11 is 1.52. The average molecular weight is 210 g/mol.